The van der Waals surface area contributed by atoms with E-state index in [0.29, 0.717) is 30.6 Å². The summed E-state index contributed by atoms with van der Waals surface area (Å²) in [6.45, 7) is 4.94. The van der Waals surface area contributed by atoms with Gasteiger partial charge < -0.3 is 24.8 Å². The van der Waals surface area contributed by atoms with Crippen LogP contribution >= 0.6 is 0 Å². The van der Waals surface area contributed by atoms with Gasteiger partial charge in [-0.3, -0.25) is 9.78 Å². The molecular weight excluding hydrogens is 434 g/mol. The molecular formula is C24H23N7O3. The van der Waals surface area contributed by atoms with Crippen LogP contribution in [0.25, 0.3) is 11.3 Å². The molecule has 0 bridgehead atoms. The Balaban J connectivity index is 1.23. The third kappa shape index (κ3) is 5.02. The normalized spacial score (nSPS) is 13.5. The molecule has 5 rings (SSSR count). The van der Waals surface area contributed by atoms with E-state index in [9.17, 15) is 4.79 Å². The van der Waals surface area contributed by atoms with Gasteiger partial charge in [-0.2, -0.15) is 4.98 Å². The van der Waals surface area contributed by atoms with Crippen molar-refractivity contribution in [2.24, 2.45) is 0 Å². The quantitative estimate of drug-likeness (QED) is 0.447. The van der Waals surface area contributed by atoms with Crippen LogP contribution in [0.4, 0.5) is 23.1 Å². The van der Waals surface area contributed by atoms with Crippen LogP contribution in [0, 0.1) is 6.92 Å². The number of benzene rings is 1. The average Bonchev–Trinajstić information content (AvgIpc) is 3.37. The minimum atomic E-state index is -0.364. The summed E-state index contributed by atoms with van der Waals surface area (Å²) in [5.74, 6) is 1.51. The summed E-state index contributed by atoms with van der Waals surface area (Å²) in [7, 11) is 0. The first kappa shape index (κ1) is 21.5. The van der Waals surface area contributed by atoms with Crippen LogP contribution in [0.15, 0.2) is 65.4 Å². The summed E-state index contributed by atoms with van der Waals surface area (Å²) in [6.07, 6.45) is 3.32. The van der Waals surface area contributed by atoms with Gasteiger partial charge in [0.25, 0.3) is 5.91 Å². The van der Waals surface area contributed by atoms with Gasteiger partial charge in [0.2, 0.25) is 5.95 Å². The summed E-state index contributed by atoms with van der Waals surface area (Å²) in [6, 6.07) is 14.5. The van der Waals surface area contributed by atoms with E-state index in [1.807, 2.05) is 31.2 Å². The van der Waals surface area contributed by atoms with Crippen molar-refractivity contribution in [1.29, 1.82) is 0 Å². The Labute approximate surface area is 196 Å². The highest BCUT2D eigenvalue weighted by Crippen LogP contribution is 2.22. The third-order valence-electron chi connectivity index (χ3n) is 5.26. The van der Waals surface area contributed by atoms with Crippen LogP contribution in [0.1, 0.15) is 16.2 Å². The summed E-state index contributed by atoms with van der Waals surface area (Å²) >= 11 is 0. The third-order valence-corrected chi connectivity index (χ3v) is 5.26. The molecule has 0 aliphatic carbocycles. The minimum absolute atomic E-state index is 0.185. The van der Waals surface area contributed by atoms with E-state index in [4.69, 9.17) is 9.26 Å². The number of rotatable bonds is 6. The number of carbonyl (C=O) groups is 1. The van der Waals surface area contributed by atoms with Crippen molar-refractivity contribution in [2.45, 2.75) is 6.92 Å². The van der Waals surface area contributed by atoms with E-state index in [1.165, 1.54) is 0 Å². The zero-order valence-electron chi connectivity index (χ0n) is 18.6. The number of aryl methyl sites for hydroxylation is 1. The number of hydrogen-bond acceptors (Lipinski definition) is 9. The predicted molar refractivity (Wildman–Crippen MR) is 127 cm³/mol. The van der Waals surface area contributed by atoms with Gasteiger partial charge in [-0.1, -0.05) is 5.16 Å². The lowest BCUT2D eigenvalue weighted by Gasteiger charge is -2.28. The number of carbonyl (C=O) groups excluding carboxylic acids is 1. The standard InChI is InChI=1S/C24H23N7O3/c1-16-13-22(31-9-11-33-12-10-31)29-24(26-16)28-19-6-4-18(5-7-19)27-23(32)20-14-21(34-30-20)17-3-2-8-25-15-17/h2-8,13-15H,9-12H2,1H3,(H,27,32)(H,26,28,29). The maximum atomic E-state index is 12.6. The van der Waals surface area contributed by atoms with Gasteiger partial charge in [0.1, 0.15) is 5.82 Å². The lowest BCUT2D eigenvalue weighted by atomic mass is 10.2. The van der Waals surface area contributed by atoms with E-state index >= 15 is 0 Å². The van der Waals surface area contributed by atoms with Crippen LogP contribution in [0.5, 0.6) is 0 Å². The summed E-state index contributed by atoms with van der Waals surface area (Å²) in [5.41, 5.74) is 3.24. The first-order chi connectivity index (χ1) is 16.6. The van der Waals surface area contributed by atoms with E-state index in [-0.39, 0.29) is 11.6 Å². The first-order valence-electron chi connectivity index (χ1n) is 10.9. The summed E-state index contributed by atoms with van der Waals surface area (Å²) < 4.78 is 10.7. The Bertz CT molecular complexity index is 1270. The van der Waals surface area contributed by atoms with E-state index in [1.54, 1.807) is 36.7 Å². The lowest BCUT2D eigenvalue weighted by molar-refractivity contribution is 0.101. The summed E-state index contributed by atoms with van der Waals surface area (Å²) in [4.78, 5) is 27.9. The molecule has 172 valence electrons. The maximum absolute atomic E-state index is 12.6. The molecule has 1 aliphatic heterocycles. The molecule has 0 atom stereocenters. The molecule has 1 aliphatic rings. The van der Waals surface area contributed by atoms with Crippen molar-refractivity contribution in [3.05, 3.63) is 72.3 Å². The van der Waals surface area contributed by atoms with Crippen molar-refractivity contribution in [3.8, 4) is 11.3 Å². The second-order valence-corrected chi connectivity index (χ2v) is 7.77. The predicted octanol–water partition coefficient (Wildman–Crippen LogP) is 3.67. The van der Waals surface area contributed by atoms with Gasteiger partial charge in [0.15, 0.2) is 11.5 Å². The SMILES string of the molecule is Cc1cc(N2CCOCC2)nc(Nc2ccc(NC(=O)c3cc(-c4cccnc4)on3)cc2)n1. The average molecular weight is 457 g/mol. The number of amides is 1. The van der Waals surface area contributed by atoms with Crippen molar-refractivity contribution in [1.82, 2.24) is 20.1 Å². The molecule has 34 heavy (non-hydrogen) atoms. The highest BCUT2D eigenvalue weighted by molar-refractivity contribution is 6.03. The molecule has 0 saturated carbocycles. The fraction of sp³-hybridized carbons (Fsp3) is 0.208. The zero-order valence-corrected chi connectivity index (χ0v) is 18.6. The highest BCUT2D eigenvalue weighted by atomic mass is 16.5. The first-order valence-corrected chi connectivity index (χ1v) is 10.9. The molecule has 0 unspecified atom stereocenters. The molecule has 4 aromatic rings. The number of anilines is 4. The molecule has 0 spiro atoms. The molecule has 2 N–H and O–H groups in total. The Morgan fingerprint density at radius 3 is 2.59 bits per heavy atom. The number of hydrogen-bond donors (Lipinski definition) is 2. The van der Waals surface area contributed by atoms with E-state index in [2.05, 4.69) is 35.6 Å². The molecule has 1 aromatic carbocycles. The zero-order chi connectivity index (χ0) is 23.3. The minimum Gasteiger partial charge on any atom is -0.378 e. The summed E-state index contributed by atoms with van der Waals surface area (Å²) in [5, 5.41) is 9.91. The number of ether oxygens (including phenoxy) is 1. The Kier molecular flexibility index (Phi) is 6.13. The van der Waals surface area contributed by atoms with Crippen LogP contribution in [0.2, 0.25) is 0 Å². The second-order valence-electron chi connectivity index (χ2n) is 7.77. The monoisotopic (exact) mass is 457 g/mol. The molecule has 10 nitrogen and oxygen atoms in total. The molecule has 4 heterocycles. The fourth-order valence-electron chi connectivity index (χ4n) is 3.55. The Morgan fingerprint density at radius 2 is 1.82 bits per heavy atom. The van der Waals surface area contributed by atoms with Gasteiger partial charge in [0.05, 0.1) is 13.2 Å². The highest BCUT2D eigenvalue weighted by Gasteiger charge is 2.15. The van der Waals surface area contributed by atoms with Gasteiger partial charge in [-0.25, -0.2) is 4.98 Å². The largest absolute Gasteiger partial charge is 0.378 e. The number of aromatic nitrogens is 4. The van der Waals surface area contributed by atoms with E-state index < -0.39 is 0 Å². The molecule has 1 fully saturated rings. The second kappa shape index (κ2) is 9.67. The van der Waals surface area contributed by atoms with Crippen LogP contribution in [0.3, 0.4) is 0 Å². The van der Waals surface area contributed by atoms with Gasteiger partial charge in [-0.05, 0) is 43.3 Å². The van der Waals surface area contributed by atoms with Gasteiger partial charge in [0, 0.05) is 60.2 Å². The van der Waals surface area contributed by atoms with Crippen molar-refractivity contribution >= 4 is 29.0 Å². The van der Waals surface area contributed by atoms with Gasteiger partial charge >= 0.3 is 0 Å². The lowest BCUT2D eigenvalue weighted by Crippen LogP contribution is -2.36. The number of pyridine rings is 1. The van der Waals surface area contributed by atoms with Crippen molar-refractivity contribution in [3.63, 3.8) is 0 Å². The van der Waals surface area contributed by atoms with E-state index in [0.717, 1.165) is 35.9 Å². The van der Waals surface area contributed by atoms with Crippen molar-refractivity contribution < 1.29 is 14.1 Å². The van der Waals surface area contributed by atoms with Gasteiger partial charge in [-0.15, -0.1) is 0 Å². The Morgan fingerprint density at radius 1 is 1.03 bits per heavy atom. The molecule has 1 saturated heterocycles. The fourth-order valence-corrected chi connectivity index (χ4v) is 3.55. The molecule has 0 radical (unpaired) electrons. The maximum Gasteiger partial charge on any atom is 0.277 e. The molecule has 3 aromatic heterocycles. The van der Waals surface area contributed by atoms with Crippen LogP contribution < -0.4 is 15.5 Å². The number of morpholine rings is 1. The number of nitrogens with one attached hydrogen (secondary N) is 2. The van der Waals surface area contributed by atoms with Crippen molar-refractivity contribution in [2.75, 3.05) is 41.8 Å². The topological polar surface area (TPSA) is 118 Å². The smallest absolute Gasteiger partial charge is 0.277 e. The molecule has 1 amide bonds. The Hall–Kier alpha value is -4.31. The van der Waals surface area contributed by atoms with Crippen LogP contribution in [-0.4, -0.2) is 52.3 Å². The van der Waals surface area contributed by atoms with Crippen LogP contribution in [-0.2, 0) is 4.74 Å². The molecule has 10 heteroatoms. The number of nitrogens with zero attached hydrogens (tertiary/aromatic N) is 5.